The van der Waals surface area contributed by atoms with Crippen molar-refractivity contribution in [1.82, 2.24) is 0 Å². The summed E-state index contributed by atoms with van der Waals surface area (Å²) in [4.78, 5) is 12.1. The van der Waals surface area contributed by atoms with E-state index in [2.05, 4.69) is 17.2 Å². The van der Waals surface area contributed by atoms with Gasteiger partial charge in [-0.25, -0.2) is 0 Å². The highest BCUT2D eigenvalue weighted by Crippen LogP contribution is 2.27. The van der Waals surface area contributed by atoms with Crippen LogP contribution in [0.15, 0.2) is 18.2 Å². The van der Waals surface area contributed by atoms with Crippen LogP contribution in [0.5, 0.6) is 0 Å². The Kier molecular flexibility index (Phi) is 5.15. The van der Waals surface area contributed by atoms with Gasteiger partial charge in [0, 0.05) is 17.2 Å². The van der Waals surface area contributed by atoms with Gasteiger partial charge in [-0.1, -0.05) is 23.4 Å². The van der Waals surface area contributed by atoms with Crippen LogP contribution >= 0.6 is 23.4 Å². The van der Waals surface area contributed by atoms with Gasteiger partial charge in [-0.05, 0) is 30.4 Å². The lowest BCUT2D eigenvalue weighted by Crippen LogP contribution is -2.22. The second-order valence-electron chi connectivity index (χ2n) is 4.25. The molecule has 1 aromatic carbocycles. The SMILES string of the molecule is NCC#Cc1ccc(Cl)c(NC(=O)C2CCSC2)c1. The number of anilines is 1. The standard InChI is InChI=1S/C14H15ClN2OS/c15-12-4-3-10(2-1-6-16)8-13(12)17-14(18)11-5-7-19-9-11/h3-4,8,11H,5-7,9,16H2,(H,17,18). The van der Waals surface area contributed by atoms with Gasteiger partial charge in [0.15, 0.2) is 0 Å². The normalized spacial score (nSPS) is 17.7. The predicted octanol–water partition coefficient (Wildman–Crippen LogP) is 2.34. The summed E-state index contributed by atoms with van der Waals surface area (Å²) < 4.78 is 0. The van der Waals surface area contributed by atoms with Gasteiger partial charge in [0.25, 0.3) is 0 Å². The lowest BCUT2D eigenvalue weighted by Gasteiger charge is -2.11. The molecule has 2 rings (SSSR count). The van der Waals surface area contributed by atoms with Crippen LogP contribution in [0.3, 0.4) is 0 Å². The van der Waals surface area contributed by atoms with E-state index >= 15 is 0 Å². The number of rotatable bonds is 2. The van der Waals surface area contributed by atoms with Crippen molar-refractivity contribution in [1.29, 1.82) is 0 Å². The molecule has 1 amide bonds. The topological polar surface area (TPSA) is 55.1 Å². The van der Waals surface area contributed by atoms with Crippen molar-refractivity contribution in [2.24, 2.45) is 11.7 Å². The second-order valence-corrected chi connectivity index (χ2v) is 5.81. The van der Waals surface area contributed by atoms with Gasteiger partial charge in [-0.15, -0.1) is 0 Å². The zero-order valence-corrected chi connectivity index (χ0v) is 12.0. The van der Waals surface area contributed by atoms with Crippen LogP contribution in [0, 0.1) is 17.8 Å². The summed E-state index contributed by atoms with van der Waals surface area (Å²) in [6.45, 7) is 0.309. The van der Waals surface area contributed by atoms with E-state index in [4.69, 9.17) is 17.3 Å². The fourth-order valence-electron chi connectivity index (χ4n) is 1.83. The van der Waals surface area contributed by atoms with Crippen LogP contribution in [0.1, 0.15) is 12.0 Å². The molecule has 1 fully saturated rings. The number of halogens is 1. The molecule has 1 saturated heterocycles. The summed E-state index contributed by atoms with van der Waals surface area (Å²) in [5.41, 5.74) is 6.75. The van der Waals surface area contributed by atoms with E-state index in [0.717, 1.165) is 23.5 Å². The highest BCUT2D eigenvalue weighted by Gasteiger charge is 2.23. The molecule has 0 spiro atoms. The molecule has 3 nitrogen and oxygen atoms in total. The van der Waals surface area contributed by atoms with Crippen LogP contribution in [0.2, 0.25) is 5.02 Å². The smallest absolute Gasteiger partial charge is 0.228 e. The molecule has 1 aliphatic rings. The van der Waals surface area contributed by atoms with Gasteiger partial charge in [0.2, 0.25) is 5.91 Å². The van der Waals surface area contributed by atoms with Gasteiger partial charge < -0.3 is 11.1 Å². The lowest BCUT2D eigenvalue weighted by atomic mass is 10.1. The van der Waals surface area contributed by atoms with E-state index in [1.165, 1.54) is 0 Å². The van der Waals surface area contributed by atoms with Crippen LogP contribution in [0.4, 0.5) is 5.69 Å². The summed E-state index contributed by atoms with van der Waals surface area (Å²) in [6.07, 6.45) is 0.931. The Balaban J connectivity index is 2.12. The number of nitrogens with one attached hydrogen (secondary N) is 1. The fourth-order valence-corrected chi connectivity index (χ4v) is 3.21. The maximum atomic E-state index is 12.1. The third-order valence-corrected chi connectivity index (χ3v) is 4.35. The molecule has 1 unspecified atom stereocenters. The van der Waals surface area contributed by atoms with E-state index in [1.54, 1.807) is 12.1 Å². The van der Waals surface area contributed by atoms with Gasteiger partial charge >= 0.3 is 0 Å². The van der Waals surface area contributed by atoms with Gasteiger partial charge in [0.1, 0.15) is 0 Å². The highest BCUT2D eigenvalue weighted by molar-refractivity contribution is 7.99. The van der Waals surface area contributed by atoms with Gasteiger partial charge in [-0.3, -0.25) is 4.79 Å². The van der Waals surface area contributed by atoms with E-state index in [9.17, 15) is 4.79 Å². The minimum Gasteiger partial charge on any atom is -0.324 e. The maximum absolute atomic E-state index is 12.1. The quantitative estimate of drug-likeness (QED) is 0.823. The van der Waals surface area contributed by atoms with E-state index < -0.39 is 0 Å². The van der Waals surface area contributed by atoms with E-state index in [0.29, 0.717) is 17.3 Å². The minimum absolute atomic E-state index is 0.0378. The molecular formula is C14H15ClN2OS. The summed E-state index contributed by atoms with van der Waals surface area (Å²) in [6, 6.07) is 5.33. The Morgan fingerprint density at radius 1 is 1.58 bits per heavy atom. The first-order valence-electron chi connectivity index (χ1n) is 6.08. The van der Waals surface area contributed by atoms with E-state index in [1.807, 2.05) is 17.8 Å². The van der Waals surface area contributed by atoms with Crippen LogP contribution in [-0.4, -0.2) is 24.0 Å². The summed E-state index contributed by atoms with van der Waals surface area (Å²) in [5.74, 6) is 7.76. The van der Waals surface area contributed by atoms with Crippen molar-refractivity contribution < 1.29 is 4.79 Å². The summed E-state index contributed by atoms with van der Waals surface area (Å²) >= 11 is 7.90. The molecule has 0 radical (unpaired) electrons. The molecule has 19 heavy (non-hydrogen) atoms. The van der Waals surface area contributed by atoms with Crippen molar-refractivity contribution in [3.05, 3.63) is 28.8 Å². The molecule has 0 bridgehead atoms. The largest absolute Gasteiger partial charge is 0.324 e. The van der Waals surface area contributed by atoms with Crippen LogP contribution in [0.25, 0.3) is 0 Å². The van der Waals surface area contributed by atoms with Gasteiger partial charge in [-0.2, -0.15) is 11.8 Å². The maximum Gasteiger partial charge on any atom is 0.228 e. The monoisotopic (exact) mass is 294 g/mol. The molecule has 0 saturated carbocycles. The number of hydrogen-bond donors (Lipinski definition) is 2. The number of nitrogens with two attached hydrogens (primary N) is 1. The van der Waals surface area contributed by atoms with Crippen molar-refractivity contribution in [3.8, 4) is 11.8 Å². The molecular weight excluding hydrogens is 280 g/mol. The third kappa shape index (κ3) is 3.90. The van der Waals surface area contributed by atoms with Crippen LogP contribution in [-0.2, 0) is 4.79 Å². The van der Waals surface area contributed by atoms with Gasteiger partial charge in [0.05, 0.1) is 17.3 Å². The number of hydrogen-bond acceptors (Lipinski definition) is 3. The average molecular weight is 295 g/mol. The number of thioether (sulfide) groups is 1. The number of carbonyl (C=O) groups is 1. The Morgan fingerprint density at radius 2 is 2.42 bits per heavy atom. The molecule has 1 aliphatic heterocycles. The van der Waals surface area contributed by atoms with Crippen molar-refractivity contribution in [2.45, 2.75) is 6.42 Å². The first-order valence-corrected chi connectivity index (χ1v) is 7.61. The molecule has 0 aromatic heterocycles. The predicted molar refractivity (Wildman–Crippen MR) is 81.4 cm³/mol. The number of carbonyl (C=O) groups excluding carboxylic acids is 1. The van der Waals surface area contributed by atoms with Crippen molar-refractivity contribution in [3.63, 3.8) is 0 Å². The number of benzene rings is 1. The Bertz CT molecular complexity index is 530. The third-order valence-electron chi connectivity index (χ3n) is 2.86. The Hall–Kier alpha value is -1.15. The number of amides is 1. The van der Waals surface area contributed by atoms with Crippen LogP contribution < -0.4 is 11.1 Å². The zero-order chi connectivity index (χ0) is 13.7. The van der Waals surface area contributed by atoms with E-state index in [-0.39, 0.29) is 11.8 Å². The second kappa shape index (κ2) is 6.85. The molecule has 1 aromatic rings. The van der Waals surface area contributed by atoms with Crippen molar-refractivity contribution in [2.75, 3.05) is 23.4 Å². The first-order chi connectivity index (χ1) is 9.20. The first kappa shape index (κ1) is 14.3. The summed E-state index contributed by atoms with van der Waals surface area (Å²) in [5, 5.41) is 3.41. The molecule has 1 heterocycles. The summed E-state index contributed by atoms with van der Waals surface area (Å²) in [7, 11) is 0. The molecule has 1 atom stereocenters. The molecule has 0 aliphatic carbocycles. The minimum atomic E-state index is 0.0378. The highest BCUT2D eigenvalue weighted by atomic mass is 35.5. The average Bonchev–Trinajstić information content (AvgIpc) is 2.93. The Morgan fingerprint density at radius 3 is 3.11 bits per heavy atom. The molecule has 100 valence electrons. The molecule has 3 N–H and O–H groups in total. The van der Waals surface area contributed by atoms with Crippen molar-refractivity contribution >= 4 is 35.0 Å². The zero-order valence-electron chi connectivity index (χ0n) is 10.4. The lowest BCUT2D eigenvalue weighted by molar-refractivity contribution is -0.119. The fraction of sp³-hybridized carbons (Fsp3) is 0.357. The molecule has 5 heteroatoms. The Labute approximate surface area is 122 Å².